The van der Waals surface area contributed by atoms with Gasteiger partial charge in [0.15, 0.2) is 5.75 Å². The van der Waals surface area contributed by atoms with Gasteiger partial charge >= 0.3 is 0 Å². The number of nitrogens with two attached hydrogens (primary N) is 2. The normalized spacial score (nSPS) is 10.2. The number of aromatic nitrogens is 1. The Morgan fingerprint density at radius 3 is 1.82 bits per heavy atom. The summed E-state index contributed by atoms with van der Waals surface area (Å²) >= 11 is 0. The molecule has 0 aliphatic rings. The van der Waals surface area contributed by atoms with Crippen LogP contribution in [0.1, 0.15) is 0 Å². The van der Waals surface area contributed by atoms with Crippen LogP contribution in [0.4, 0.5) is 11.4 Å². The maximum atomic E-state index is 5.79. The second-order valence-corrected chi connectivity index (χ2v) is 4.65. The first-order valence-electron chi connectivity index (χ1n) is 6.72. The molecule has 3 aromatic rings. The summed E-state index contributed by atoms with van der Waals surface area (Å²) in [6, 6.07) is 17.8. The molecule has 22 heavy (non-hydrogen) atoms. The Kier molecular flexibility index (Phi) is 3.78. The van der Waals surface area contributed by atoms with Gasteiger partial charge in [-0.1, -0.05) is 0 Å². The van der Waals surface area contributed by atoms with Crippen molar-refractivity contribution in [3.05, 3.63) is 66.9 Å². The summed E-state index contributed by atoms with van der Waals surface area (Å²) in [4.78, 5) is 4.21. The number of rotatable bonds is 4. The van der Waals surface area contributed by atoms with Crippen molar-refractivity contribution in [3.8, 4) is 23.1 Å². The number of hydrogen-bond acceptors (Lipinski definition) is 5. The monoisotopic (exact) mass is 293 g/mol. The third-order valence-corrected chi connectivity index (χ3v) is 2.94. The quantitative estimate of drug-likeness (QED) is 0.714. The van der Waals surface area contributed by atoms with E-state index in [1.165, 1.54) is 0 Å². The first-order valence-corrected chi connectivity index (χ1v) is 6.72. The summed E-state index contributed by atoms with van der Waals surface area (Å²) in [6.45, 7) is 0. The van der Waals surface area contributed by atoms with Crippen molar-refractivity contribution in [2.24, 2.45) is 0 Å². The molecule has 0 saturated heterocycles. The molecule has 4 N–H and O–H groups in total. The van der Waals surface area contributed by atoms with Crippen molar-refractivity contribution >= 4 is 11.4 Å². The number of nitrogens with zero attached hydrogens (tertiary/aromatic N) is 1. The van der Waals surface area contributed by atoms with E-state index in [1.54, 1.807) is 66.9 Å². The van der Waals surface area contributed by atoms with Gasteiger partial charge in [0.1, 0.15) is 11.5 Å². The molecule has 2 aromatic carbocycles. The highest BCUT2D eigenvalue weighted by Crippen LogP contribution is 2.32. The maximum Gasteiger partial charge on any atom is 0.263 e. The average molecular weight is 293 g/mol. The largest absolute Gasteiger partial charge is 0.452 e. The van der Waals surface area contributed by atoms with Gasteiger partial charge in [-0.15, -0.1) is 0 Å². The van der Waals surface area contributed by atoms with Crippen molar-refractivity contribution in [2.75, 3.05) is 11.5 Å². The van der Waals surface area contributed by atoms with Crippen LogP contribution in [0.3, 0.4) is 0 Å². The summed E-state index contributed by atoms with van der Waals surface area (Å²) in [7, 11) is 0. The number of ether oxygens (including phenoxy) is 2. The van der Waals surface area contributed by atoms with Crippen LogP contribution in [-0.2, 0) is 0 Å². The van der Waals surface area contributed by atoms with Crippen LogP contribution in [0.2, 0.25) is 0 Å². The SMILES string of the molecule is Nc1ccc(Oc2cccnc2Oc2ccc(N)cc2)cc1. The fraction of sp³-hybridized carbons (Fsp3) is 0. The zero-order chi connectivity index (χ0) is 15.4. The van der Waals surface area contributed by atoms with Crippen molar-refractivity contribution in [1.29, 1.82) is 0 Å². The number of pyridine rings is 1. The van der Waals surface area contributed by atoms with E-state index >= 15 is 0 Å². The average Bonchev–Trinajstić information content (AvgIpc) is 2.54. The predicted octanol–water partition coefficient (Wildman–Crippen LogP) is 3.83. The molecule has 0 unspecified atom stereocenters. The molecule has 0 bridgehead atoms. The van der Waals surface area contributed by atoms with Crippen molar-refractivity contribution in [3.63, 3.8) is 0 Å². The minimum absolute atomic E-state index is 0.379. The lowest BCUT2D eigenvalue weighted by Crippen LogP contribution is -1.93. The molecule has 5 nitrogen and oxygen atoms in total. The van der Waals surface area contributed by atoms with E-state index in [1.807, 2.05) is 0 Å². The lowest BCUT2D eigenvalue weighted by molar-refractivity contribution is 0.405. The molecule has 0 radical (unpaired) electrons. The number of nitrogen functional groups attached to an aromatic ring is 2. The third-order valence-electron chi connectivity index (χ3n) is 2.94. The first-order chi connectivity index (χ1) is 10.7. The number of benzene rings is 2. The molecule has 0 saturated carbocycles. The first kappa shape index (κ1) is 13.8. The summed E-state index contributed by atoms with van der Waals surface area (Å²) in [5, 5.41) is 0. The van der Waals surface area contributed by atoms with Crippen LogP contribution in [0.25, 0.3) is 0 Å². The van der Waals surface area contributed by atoms with E-state index in [0.717, 1.165) is 0 Å². The van der Waals surface area contributed by atoms with Gasteiger partial charge in [-0.05, 0) is 60.7 Å². The van der Waals surface area contributed by atoms with Gasteiger partial charge < -0.3 is 20.9 Å². The highest BCUT2D eigenvalue weighted by molar-refractivity contribution is 5.46. The molecule has 0 aliphatic heterocycles. The van der Waals surface area contributed by atoms with Gasteiger partial charge in [0, 0.05) is 17.6 Å². The zero-order valence-corrected chi connectivity index (χ0v) is 11.8. The highest BCUT2D eigenvalue weighted by atomic mass is 16.5. The summed E-state index contributed by atoms with van der Waals surface area (Å²) in [6.07, 6.45) is 1.64. The molecule has 110 valence electrons. The Bertz CT molecular complexity index is 689. The van der Waals surface area contributed by atoms with Crippen LogP contribution >= 0.6 is 0 Å². The third kappa shape index (κ3) is 3.27. The van der Waals surface area contributed by atoms with E-state index in [9.17, 15) is 0 Å². The van der Waals surface area contributed by atoms with E-state index in [-0.39, 0.29) is 0 Å². The van der Waals surface area contributed by atoms with Crippen LogP contribution in [0, 0.1) is 0 Å². The maximum absolute atomic E-state index is 5.79. The van der Waals surface area contributed by atoms with Crippen LogP contribution in [-0.4, -0.2) is 4.98 Å². The van der Waals surface area contributed by atoms with Gasteiger partial charge in [-0.2, -0.15) is 0 Å². The van der Waals surface area contributed by atoms with Gasteiger partial charge in [0.25, 0.3) is 5.88 Å². The Balaban J connectivity index is 1.83. The van der Waals surface area contributed by atoms with Gasteiger partial charge in [-0.25, -0.2) is 4.98 Å². The smallest absolute Gasteiger partial charge is 0.263 e. The Hall–Kier alpha value is -3.21. The molecule has 0 aliphatic carbocycles. The Morgan fingerprint density at radius 2 is 1.23 bits per heavy atom. The topological polar surface area (TPSA) is 83.4 Å². The van der Waals surface area contributed by atoms with Crippen LogP contribution in [0.15, 0.2) is 66.9 Å². The Morgan fingerprint density at radius 1 is 0.682 bits per heavy atom. The standard InChI is InChI=1S/C17H15N3O2/c18-12-3-7-14(8-4-12)21-16-2-1-11-20-17(16)22-15-9-5-13(19)6-10-15/h1-11H,18-19H2. The van der Waals surface area contributed by atoms with Crippen LogP contribution < -0.4 is 20.9 Å². The number of anilines is 2. The summed E-state index contributed by atoms with van der Waals surface area (Å²) in [5.74, 6) is 2.19. The molecule has 1 heterocycles. The van der Waals surface area contributed by atoms with Crippen molar-refractivity contribution in [1.82, 2.24) is 4.98 Å². The van der Waals surface area contributed by atoms with E-state index in [0.29, 0.717) is 34.5 Å². The fourth-order valence-electron chi connectivity index (χ4n) is 1.84. The van der Waals surface area contributed by atoms with Crippen LogP contribution in [0.5, 0.6) is 23.1 Å². The van der Waals surface area contributed by atoms with Gasteiger partial charge in [-0.3, -0.25) is 0 Å². The highest BCUT2D eigenvalue weighted by Gasteiger charge is 2.08. The molecular weight excluding hydrogens is 278 g/mol. The second-order valence-electron chi connectivity index (χ2n) is 4.65. The molecule has 3 rings (SSSR count). The molecule has 1 aromatic heterocycles. The molecule has 0 spiro atoms. The zero-order valence-electron chi connectivity index (χ0n) is 11.8. The number of hydrogen-bond donors (Lipinski definition) is 2. The van der Waals surface area contributed by atoms with E-state index in [4.69, 9.17) is 20.9 Å². The minimum Gasteiger partial charge on any atom is -0.452 e. The summed E-state index contributed by atoms with van der Waals surface area (Å²) < 4.78 is 11.5. The lowest BCUT2D eigenvalue weighted by atomic mass is 10.3. The predicted molar refractivity (Wildman–Crippen MR) is 86.1 cm³/mol. The lowest BCUT2D eigenvalue weighted by Gasteiger charge is -2.11. The molecular formula is C17H15N3O2. The van der Waals surface area contributed by atoms with Crippen molar-refractivity contribution < 1.29 is 9.47 Å². The van der Waals surface area contributed by atoms with Gasteiger partial charge in [0.2, 0.25) is 0 Å². The second kappa shape index (κ2) is 6.05. The van der Waals surface area contributed by atoms with E-state index < -0.39 is 0 Å². The fourth-order valence-corrected chi connectivity index (χ4v) is 1.84. The molecule has 0 fully saturated rings. The Labute approximate surface area is 128 Å². The minimum atomic E-state index is 0.379. The molecule has 5 heteroatoms. The molecule has 0 amide bonds. The van der Waals surface area contributed by atoms with Crippen molar-refractivity contribution in [2.45, 2.75) is 0 Å². The van der Waals surface area contributed by atoms with E-state index in [2.05, 4.69) is 4.98 Å². The van der Waals surface area contributed by atoms with Gasteiger partial charge in [0.05, 0.1) is 0 Å². The molecule has 0 atom stereocenters. The summed E-state index contributed by atoms with van der Waals surface area (Å²) in [5.41, 5.74) is 12.7.